The number of hydrogen-bond donors (Lipinski definition) is 0. The zero-order chi connectivity index (χ0) is 10.3. The number of aromatic nitrogens is 1. The normalized spacial score (nSPS) is 27.5. The molecule has 2 heteroatoms. The van der Waals surface area contributed by atoms with E-state index in [4.69, 9.17) is 6.11 Å². The highest BCUT2D eigenvalue weighted by Gasteiger charge is 2.27. The van der Waals surface area contributed by atoms with E-state index in [-0.39, 0.29) is 12.0 Å². The summed E-state index contributed by atoms with van der Waals surface area (Å²) in [7, 11) is 0. The number of nitrogens with zero attached hydrogens (tertiary/aromatic N) is 1. The first-order valence-electron chi connectivity index (χ1n) is 4.93. The Morgan fingerprint density at radius 2 is 2.38 bits per heavy atom. The van der Waals surface area contributed by atoms with Gasteiger partial charge in [-0.1, -0.05) is 13.5 Å². The van der Waals surface area contributed by atoms with E-state index < -0.39 is 0 Å². The lowest BCUT2D eigenvalue weighted by atomic mass is 9.93. The van der Waals surface area contributed by atoms with Crippen molar-refractivity contribution in [2.24, 2.45) is 0 Å². The summed E-state index contributed by atoms with van der Waals surface area (Å²) >= 11 is 0. The average Bonchev–Trinajstić information content (AvgIpc) is 2.14. The highest BCUT2D eigenvalue weighted by Crippen LogP contribution is 2.34. The van der Waals surface area contributed by atoms with Crippen LogP contribution in [0.3, 0.4) is 0 Å². The highest BCUT2D eigenvalue weighted by atomic mass is 16.5. The van der Waals surface area contributed by atoms with Gasteiger partial charge in [0.25, 0.3) is 0 Å². The number of pyridine rings is 1. The molecule has 0 aromatic carbocycles. The van der Waals surface area contributed by atoms with Crippen LogP contribution in [-0.2, 0) is 4.74 Å². The Morgan fingerprint density at radius 1 is 1.62 bits per heavy atom. The third-order valence-corrected chi connectivity index (χ3v) is 2.55. The van der Waals surface area contributed by atoms with Crippen LogP contribution in [0.4, 0.5) is 0 Å². The predicted molar refractivity (Wildman–Crippen MR) is 52.2 cm³/mol. The molecule has 2 rings (SSSR count). The van der Waals surface area contributed by atoms with Gasteiger partial charge in [-0.05, 0) is 19.1 Å². The maximum absolute atomic E-state index is 7.48. The van der Waals surface area contributed by atoms with Crippen LogP contribution in [0.1, 0.15) is 32.4 Å². The Hall–Kier alpha value is -1.31. The summed E-state index contributed by atoms with van der Waals surface area (Å²) in [6, 6.07) is 3.52. The van der Waals surface area contributed by atoms with Crippen LogP contribution in [0.15, 0.2) is 24.9 Å². The van der Waals surface area contributed by atoms with Crippen LogP contribution < -0.4 is 0 Å². The molecule has 0 unspecified atom stereocenters. The van der Waals surface area contributed by atoms with Gasteiger partial charge in [0.15, 0.2) is 0 Å². The third-order valence-electron chi connectivity index (χ3n) is 2.55. The van der Waals surface area contributed by atoms with Gasteiger partial charge in [0.05, 0.1) is 7.06 Å². The molecule has 68 valence electrons. The molecule has 2 atom stereocenters. The van der Waals surface area contributed by atoms with E-state index >= 15 is 0 Å². The van der Waals surface area contributed by atoms with Crippen LogP contribution in [0.5, 0.6) is 0 Å². The summed E-state index contributed by atoms with van der Waals surface area (Å²) < 4.78 is 13.0. The summed E-state index contributed by atoms with van der Waals surface area (Å²) in [5.74, 6) is 0.888. The van der Waals surface area contributed by atoms with Crippen molar-refractivity contribution in [2.75, 3.05) is 0 Å². The molecule has 1 aromatic rings. The van der Waals surface area contributed by atoms with Crippen molar-refractivity contribution in [1.29, 1.82) is 0 Å². The van der Waals surface area contributed by atoms with Gasteiger partial charge in [0.1, 0.15) is 11.9 Å². The molecule has 1 aliphatic rings. The van der Waals surface area contributed by atoms with Gasteiger partial charge in [-0.3, -0.25) is 4.98 Å². The van der Waals surface area contributed by atoms with E-state index in [1.54, 1.807) is 6.07 Å². The van der Waals surface area contributed by atoms with Crippen molar-refractivity contribution in [2.45, 2.75) is 25.9 Å². The molecule has 0 saturated carbocycles. The van der Waals surface area contributed by atoms with E-state index in [9.17, 15) is 0 Å². The largest absolute Gasteiger partial charge is 0.490 e. The van der Waals surface area contributed by atoms with Gasteiger partial charge >= 0.3 is 0 Å². The quantitative estimate of drug-likeness (QED) is 0.606. The third kappa shape index (κ3) is 1.22. The molecule has 0 radical (unpaired) electrons. The molecular formula is C11H13NO. The summed E-state index contributed by atoms with van der Waals surface area (Å²) in [6.07, 6.45) is 0.391. The Bertz CT molecular complexity index is 389. The summed E-state index contributed by atoms with van der Waals surface area (Å²) in [4.78, 5) is 4.22. The molecule has 0 amide bonds. The first-order chi connectivity index (χ1) is 6.59. The minimum Gasteiger partial charge on any atom is -0.490 e. The molecule has 2 heterocycles. The molecule has 1 aromatic heterocycles. The molecular weight excluding hydrogens is 162 g/mol. The second-order valence-corrected chi connectivity index (χ2v) is 3.41. The van der Waals surface area contributed by atoms with Gasteiger partial charge in [-0.2, -0.15) is 0 Å². The smallest absolute Gasteiger partial charge is 0.121 e. The van der Waals surface area contributed by atoms with E-state index in [0.29, 0.717) is 11.9 Å². The van der Waals surface area contributed by atoms with E-state index in [1.807, 2.05) is 13.0 Å². The molecule has 0 aliphatic carbocycles. The second-order valence-electron chi connectivity index (χ2n) is 3.41. The van der Waals surface area contributed by atoms with Crippen LogP contribution in [0.25, 0.3) is 5.76 Å². The average molecular weight is 176 g/mol. The monoisotopic (exact) mass is 176 g/mol. The fourth-order valence-corrected chi connectivity index (χ4v) is 1.57. The second kappa shape index (κ2) is 2.87. The van der Waals surface area contributed by atoms with E-state index in [0.717, 1.165) is 11.3 Å². The van der Waals surface area contributed by atoms with Gasteiger partial charge in [-0.25, -0.2) is 0 Å². The fourth-order valence-electron chi connectivity index (χ4n) is 1.57. The van der Waals surface area contributed by atoms with Crippen LogP contribution in [0, 0.1) is 0 Å². The molecule has 0 bridgehead atoms. The van der Waals surface area contributed by atoms with E-state index in [2.05, 4.69) is 18.5 Å². The topological polar surface area (TPSA) is 22.1 Å². The molecule has 0 N–H and O–H groups in total. The number of fused-ring (bicyclic) bond motifs is 1. The minimum atomic E-state index is 0.0873. The lowest BCUT2D eigenvalue weighted by Crippen LogP contribution is -2.23. The molecule has 1 aliphatic heterocycles. The molecule has 2 nitrogen and oxygen atoms in total. The molecule has 0 spiro atoms. The zero-order valence-corrected chi connectivity index (χ0v) is 7.87. The van der Waals surface area contributed by atoms with Crippen LogP contribution in [-0.4, -0.2) is 11.1 Å². The molecule has 0 fully saturated rings. The van der Waals surface area contributed by atoms with Crippen molar-refractivity contribution >= 4 is 5.76 Å². The lowest BCUT2D eigenvalue weighted by molar-refractivity contribution is 0.148. The van der Waals surface area contributed by atoms with Crippen molar-refractivity contribution in [1.82, 2.24) is 4.98 Å². The standard InChI is InChI=1S/C11H13NO/c1-7-8(2)13-9(3)10-5-4-6-12-11(7)10/h4-8H,3H2,1-2H3/t7-,8+/m1/s1/i6D. The SMILES string of the molecule is [2H]c1ccc2c(n1)[C@H](C)[C@H](C)OC2=C. The number of ether oxygens (including phenoxy) is 1. The lowest BCUT2D eigenvalue weighted by Gasteiger charge is -2.29. The van der Waals surface area contributed by atoms with Crippen LogP contribution >= 0.6 is 0 Å². The van der Waals surface area contributed by atoms with Gasteiger partial charge in [0, 0.05) is 17.7 Å². The number of rotatable bonds is 0. The first kappa shape index (κ1) is 7.13. The van der Waals surface area contributed by atoms with Gasteiger partial charge in [0.2, 0.25) is 0 Å². The maximum atomic E-state index is 7.48. The van der Waals surface area contributed by atoms with Crippen LogP contribution in [0.2, 0.25) is 0 Å². The Balaban J connectivity index is 2.56. The minimum absolute atomic E-state index is 0.0873. The summed E-state index contributed by atoms with van der Waals surface area (Å²) in [6.45, 7) is 7.90. The predicted octanol–water partition coefficient (Wildman–Crippen LogP) is 2.57. The summed E-state index contributed by atoms with van der Waals surface area (Å²) in [5, 5.41) is 0. The Morgan fingerprint density at radius 3 is 3.15 bits per heavy atom. The molecule has 0 saturated heterocycles. The summed E-state index contributed by atoms with van der Waals surface area (Å²) in [5.41, 5.74) is 1.87. The van der Waals surface area contributed by atoms with E-state index in [1.165, 1.54) is 0 Å². The highest BCUT2D eigenvalue weighted by molar-refractivity contribution is 5.62. The van der Waals surface area contributed by atoms with Crippen molar-refractivity contribution in [3.8, 4) is 0 Å². The Kier molecular flexibility index (Phi) is 1.58. The maximum Gasteiger partial charge on any atom is 0.121 e. The number of hydrogen-bond acceptors (Lipinski definition) is 2. The van der Waals surface area contributed by atoms with Crippen molar-refractivity contribution < 1.29 is 6.11 Å². The molecule has 13 heavy (non-hydrogen) atoms. The first-order valence-corrected chi connectivity index (χ1v) is 4.43. The van der Waals surface area contributed by atoms with Gasteiger partial charge in [-0.15, -0.1) is 0 Å². The van der Waals surface area contributed by atoms with Gasteiger partial charge < -0.3 is 4.74 Å². The fraction of sp³-hybridized carbons (Fsp3) is 0.364. The van der Waals surface area contributed by atoms with Crippen molar-refractivity contribution in [3.63, 3.8) is 0 Å². The van der Waals surface area contributed by atoms with Crippen molar-refractivity contribution in [3.05, 3.63) is 36.1 Å². The Labute approximate surface area is 79.7 Å². The zero-order valence-electron chi connectivity index (χ0n) is 8.87.